The fourth-order valence-electron chi connectivity index (χ4n) is 2.26. The zero-order valence-corrected chi connectivity index (χ0v) is 11.9. The molecule has 0 saturated heterocycles. The molecule has 1 aliphatic carbocycles. The Morgan fingerprint density at radius 1 is 1.55 bits per heavy atom. The van der Waals surface area contributed by atoms with Crippen LogP contribution < -0.4 is 5.32 Å². The number of anilines is 1. The fourth-order valence-corrected chi connectivity index (χ4v) is 3.18. The Bertz CT molecular complexity index is 538. The van der Waals surface area contributed by atoms with Gasteiger partial charge >= 0.3 is 5.97 Å². The lowest BCUT2D eigenvalue weighted by Gasteiger charge is -2.40. The van der Waals surface area contributed by atoms with Gasteiger partial charge in [-0.25, -0.2) is 4.79 Å². The van der Waals surface area contributed by atoms with Crippen molar-refractivity contribution in [3.8, 4) is 0 Å². The second-order valence-corrected chi connectivity index (χ2v) is 6.16. The van der Waals surface area contributed by atoms with Crippen LogP contribution in [0.2, 0.25) is 0 Å². The number of carbonyl (C=O) groups is 1. The number of carboxylic acids is 1. The molecule has 2 N–H and O–H groups in total. The predicted octanol–water partition coefficient (Wildman–Crippen LogP) is 2.99. The Kier molecular flexibility index (Phi) is 4.17. The summed E-state index contributed by atoms with van der Waals surface area (Å²) in [7, 11) is 0. The van der Waals surface area contributed by atoms with Crippen LogP contribution in [0.3, 0.4) is 0 Å². The number of thioether (sulfide) groups is 1. The van der Waals surface area contributed by atoms with Crippen LogP contribution in [0.25, 0.3) is 0 Å². The number of benzene rings is 1. The largest absolute Gasteiger partial charge is 0.477 e. The normalized spacial score (nSPS) is 16.2. The first kappa shape index (κ1) is 14.6. The molecular formula is C13H16N2O4S. The Morgan fingerprint density at radius 3 is 2.70 bits per heavy atom. The lowest BCUT2D eigenvalue weighted by molar-refractivity contribution is -0.385. The predicted molar refractivity (Wildman–Crippen MR) is 78.6 cm³/mol. The van der Waals surface area contributed by atoms with Crippen LogP contribution in [0.1, 0.15) is 29.6 Å². The minimum Gasteiger partial charge on any atom is -0.477 e. The molecular weight excluding hydrogens is 280 g/mol. The third kappa shape index (κ3) is 2.87. The highest BCUT2D eigenvalue weighted by Crippen LogP contribution is 2.42. The summed E-state index contributed by atoms with van der Waals surface area (Å²) in [5.41, 5.74) is -0.0635. The van der Waals surface area contributed by atoms with Gasteiger partial charge in [-0.15, -0.1) is 0 Å². The van der Waals surface area contributed by atoms with E-state index in [1.807, 2.05) is 11.8 Å². The summed E-state index contributed by atoms with van der Waals surface area (Å²) < 4.78 is 0.213. The van der Waals surface area contributed by atoms with Crippen LogP contribution in [0.15, 0.2) is 18.2 Å². The number of nitro groups is 1. The Hall–Kier alpha value is -1.76. The van der Waals surface area contributed by atoms with E-state index in [0.717, 1.165) is 19.4 Å². The molecule has 0 atom stereocenters. The zero-order valence-electron chi connectivity index (χ0n) is 11.1. The summed E-state index contributed by atoms with van der Waals surface area (Å²) in [4.78, 5) is 21.2. The first-order chi connectivity index (χ1) is 9.47. The molecule has 0 bridgehead atoms. The maximum atomic E-state index is 11.1. The van der Waals surface area contributed by atoms with Gasteiger partial charge in [0.1, 0.15) is 5.56 Å². The first-order valence-corrected chi connectivity index (χ1v) is 7.51. The molecule has 0 aromatic heterocycles. The highest BCUT2D eigenvalue weighted by atomic mass is 32.2. The molecule has 7 heteroatoms. The molecule has 20 heavy (non-hydrogen) atoms. The van der Waals surface area contributed by atoms with E-state index in [9.17, 15) is 14.9 Å². The average Bonchev–Trinajstić information content (AvgIpc) is 2.37. The van der Waals surface area contributed by atoms with Gasteiger partial charge in [0.05, 0.1) is 4.92 Å². The number of aromatic carboxylic acids is 1. The first-order valence-electron chi connectivity index (χ1n) is 6.28. The summed E-state index contributed by atoms with van der Waals surface area (Å²) in [6.07, 6.45) is 5.56. The zero-order chi connectivity index (χ0) is 14.8. The van der Waals surface area contributed by atoms with Crippen LogP contribution in [-0.4, -0.2) is 33.5 Å². The van der Waals surface area contributed by atoms with Gasteiger partial charge in [-0.1, -0.05) is 6.42 Å². The lowest BCUT2D eigenvalue weighted by Crippen LogP contribution is -2.40. The molecule has 2 rings (SSSR count). The molecule has 1 fully saturated rings. The number of carboxylic acid groups (broad SMARTS) is 1. The van der Waals surface area contributed by atoms with Gasteiger partial charge in [-0.05, 0) is 31.2 Å². The van der Waals surface area contributed by atoms with Crippen molar-refractivity contribution in [2.24, 2.45) is 0 Å². The molecule has 0 aliphatic heterocycles. The second kappa shape index (κ2) is 5.70. The van der Waals surface area contributed by atoms with E-state index in [2.05, 4.69) is 11.6 Å². The highest BCUT2D eigenvalue weighted by molar-refractivity contribution is 8.00. The summed E-state index contributed by atoms with van der Waals surface area (Å²) in [5.74, 6) is -1.29. The van der Waals surface area contributed by atoms with Gasteiger partial charge in [0, 0.05) is 23.0 Å². The molecule has 1 aromatic rings. The molecule has 1 saturated carbocycles. The number of hydrogen-bond acceptors (Lipinski definition) is 5. The van der Waals surface area contributed by atoms with Crippen molar-refractivity contribution in [1.29, 1.82) is 0 Å². The summed E-state index contributed by atoms with van der Waals surface area (Å²) in [6, 6.07) is 4.11. The maximum absolute atomic E-state index is 11.1. The quantitative estimate of drug-likeness (QED) is 0.619. The van der Waals surface area contributed by atoms with E-state index in [1.165, 1.54) is 18.6 Å². The average molecular weight is 296 g/mol. The minimum absolute atomic E-state index is 0.213. The lowest BCUT2D eigenvalue weighted by atomic mass is 9.84. The Balaban J connectivity index is 2.15. The van der Waals surface area contributed by atoms with Crippen molar-refractivity contribution in [2.75, 3.05) is 18.1 Å². The number of nitrogens with one attached hydrogen (secondary N) is 1. The van der Waals surface area contributed by atoms with E-state index in [1.54, 1.807) is 6.07 Å². The van der Waals surface area contributed by atoms with Crippen LogP contribution in [0, 0.1) is 10.1 Å². The van der Waals surface area contributed by atoms with Gasteiger partial charge in [0.2, 0.25) is 0 Å². The van der Waals surface area contributed by atoms with Crippen molar-refractivity contribution in [2.45, 2.75) is 24.0 Å². The van der Waals surface area contributed by atoms with Gasteiger partial charge in [0.25, 0.3) is 5.69 Å². The third-order valence-electron chi connectivity index (χ3n) is 3.74. The molecule has 0 heterocycles. The van der Waals surface area contributed by atoms with E-state index in [-0.39, 0.29) is 16.0 Å². The SMILES string of the molecule is CSC1(CNc2ccc([N+](=O)[O-])c(C(=O)O)c2)CCC1. The highest BCUT2D eigenvalue weighted by Gasteiger charge is 2.35. The third-order valence-corrected chi connectivity index (χ3v) is 5.15. The maximum Gasteiger partial charge on any atom is 0.342 e. The summed E-state index contributed by atoms with van der Waals surface area (Å²) in [6.45, 7) is 0.741. The number of hydrogen-bond donors (Lipinski definition) is 2. The van der Waals surface area contributed by atoms with E-state index < -0.39 is 10.9 Å². The van der Waals surface area contributed by atoms with Crippen molar-refractivity contribution in [3.05, 3.63) is 33.9 Å². The number of rotatable bonds is 6. The van der Waals surface area contributed by atoms with Gasteiger partial charge in [0.15, 0.2) is 0 Å². The van der Waals surface area contributed by atoms with E-state index >= 15 is 0 Å². The second-order valence-electron chi connectivity index (χ2n) is 4.89. The van der Waals surface area contributed by atoms with Crippen molar-refractivity contribution >= 4 is 29.1 Å². The van der Waals surface area contributed by atoms with E-state index in [0.29, 0.717) is 5.69 Å². The topological polar surface area (TPSA) is 92.5 Å². The molecule has 6 nitrogen and oxygen atoms in total. The smallest absolute Gasteiger partial charge is 0.342 e. The standard InChI is InChI=1S/C13H16N2O4S/c1-20-13(5-2-6-13)8-14-9-3-4-11(15(18)19)10(7-9)12(16)17/h3-4,7,14H,2,5-6,8H2,1H3,(H,16,17). The molecule has 0 radical (unpaired) electrons. The summed E-state index contributed by atoms with van der Waals surface area (Å²) in [5, 5.41) is 23.0. The van der Waals surface area contributed by atoms with Crippen LogP contribution in [-0.2, 0) is 0 Å². The Morgan fingerprint density at radius 2 is 2.25 bits per heavy atom. The van der Waals surface area contributed by atoms with Gasteiger partial charge in [-0.3, -0.25) is 10.1 Å². The fraction of sp³-hybridized carbons (Fsp3) is 0.462. The number of nitrogens with zero attached hydrogens (tertiary/aromatic N) is 1. The van der Waals surface area contributed by atoms with Crippen molar-refractivity contribution in [1.82, 2.24) is 0 Å². The van der Waals surface area contributed by atoms with Crippen LogP contribution >= 0.6 is 11.8 Å². The van der Waals surface area contributed by atoms with Gasteiger partial charge < -0.3 is 10.4 Å². The molecule has 108 valence electrons. The monoisotopic (exact) mass is 296 g/mol. The van der Waals surface area contributed by atoms with Crippen molar-refractivity contribution < 1.29 is 14.8 Å². The van der Waals surface area contributed by atoms with Crippen LogP contribution in [0.5, 0.6) is 0 Å². The van der Waals surface area contributed by atoms with Gasteiger partial charge in [-0.2, -0.15) is 11.8 Å². The minimum atomic E-state index is -1.29. The molecule has 0 unspecified atom stereocenters. The molecule has 0 spiro atoms. The summed E-state index contributed by atoms with van der Waals surface area (Å²) >= 11 is 1.81. The van der Waals surface area contributed by atoms with Crippen molar-refractivity contribution in [3.63, 3.8) is 0 Å². The van der Waals surface area contributed by atoms with Crippen LogP contribution in [0.4, 0.5) is 11.4 Å². The Labute approximate surface area is 120 Å². The molecule has 1 aromatic carbocycles. The molecule has 1 aliphatic rings. The van der Waals surface area contributed by atoms with E-state index in [4.69, 9.17) is 5.11 Å². The molecule has 0 amide bonds. The number of nitro benzene ring substituents is 1.